The number of urea groups is 1. The predicted octanol–water partition coefficient (Wildman–Crippen LogP) is 4.57. The van der Waals surface area contributed by atoms with E-state index in [4.69, 9.17) is 16.3 Å². The number of carbonyl (C=O) groups is 1. The Hall–Kier alpha value is -2.20. The predicted molar refractivity (Wildman–Crippen MR) is 99.3 cm³/mol. The van der Waals surface area contributed by atoms with Crippen LogP contribution in [0, 0.1) is 13.8 Å². The van der Waals surface area contributed by atoms with E-state index in [1.54, 1.807) is 4.90 Å². The summed E-state index contributed by atoms with van der Waals surface area (Å²) in [4.78, 5) is 14.0. The molecule has 1 N–H and O–H groups in total. The van der Waals surface area contributed by atoms with E-state index in [0.29, 0.717) is 19.7 Å². The number of ether oxygens (including phenoxy) is 1. The standard InChI is InChI=1S/C19H23ClN2O2/c1-4-22(16-8-6-5-7-9-16)19(23)21-10-11-24-17-12-14(2)18(20)15(3)13-17/h5-9,12-13H,4,10-11H2,1-3H3,(H,21,23). The average molecular weight is 347 g/mol. The van der Waals surface area contributed by atoms with E-state index in [0.717, 1.165) is 27.6 Å². The number of anilines is 1. The van der Waals surface area contributed by atoms with Gasteiger partial charge in [0.15, 0.2) is 0 Å². The van der Waals surface area contributed by atoms with E-state index in [9.17, 15) is 4.79 Å². The quantitative estimate of drug-likeness (QED) is 0.778. The lowest BCUT2D eigenvalue weighted by Crippen LogP contribution is -2.41. The number of hydrogen-bond donors (Lipinski definition) is 1. The number of rotatable bonds is 6. The Morgan fingerprint density at radius 1 is 1.17 bits per heavy atom. The molecule has 0 heterocycles. The van der Waals surface area contributed by atoms with Gasteiger partial charge in [0.25, 0.3) is 0 Å². The highest BCUT2D eigenvalue weighted by Gasteiger charge is 2.12. The van der Waals surface area contributed by atoms with Gasteiger partial charge in [-0.2, -0.15) is 0 Å². The number of carbonyl (C=O) groups excluding carboxylic acids is 1. The molecule has 0 spiro atoms. The van der Waals surface area contributed by atoms with Gasteiger partial charge in [-0.3, -0.25) is 4.90 Å². The van der Waals surface area contributed by atoms with Crippen LogP contribution in [0.1, 0.15) is 18.1 Å². The Labute approximate surface area is 148 Å². The average Bonchev–Trinajstić information content (AvgIpc) is 2.58. The summed E-state index contributed by atoms with van der Waals surface area (Å²) in [6, 6.07) is 13.3. The summed E-state index contributed by atoms with van der Waals surface area (Å²) in [5.41, 5.74) is 2.84. The van der Waals surface area contributed by atoms with Crippen molar-refractivity contribution >= 4 is 23.3 Å². The van der Waals surface area contributed by atoms with Crippen molar-refractivity contribution in [1.82, 2.24) is 5.32 Å². The molecule has 0 aliphatic rings. The summed E-state index contributed by atoms with van der Waals surface area (Å²) >= 11 is 6.14. The van der Waals surface area contributed by atoms with E-state index < -0.39 is 0 Å². The van der Waals surface area contributed by atoms with Crippen molar-refractivity contribution in [2.45, 2.75) is 20.8 Å². The van der Waals surface area contributed by atoms with Gasteiger partial charge < -0.3 is 10.1 Å². The second kappa shape index (κ2) is 8.60. The first-order valence-electron chi connectivity index (χ1n) is 8.03. The topological polar surface area (TPSA) is 41.6 Å². The lowest BCUT2D eigenvalue weighted by molar-refractivity contribution is 0.242. The second-order valence-corrected chi connectivity index (χ2v) is 5.91. The molecule has 0 fully saturated rings. The van der Waals surface area contributed by atoms with Gasteiger partial charge >= 0.3 is 6.03 Å². The fourth-order valence-corrected chi connectivity index (χ4v) is 2.57. The second-order valence-electron chi connectivity index (χ2n) is 5.53. The van der Waals surface area contributed by atoms with Gasteiger partial charge in [0, 0.05) is 17.3 Å². The van der Waals surface area contributed by atoms with Gasteiger partial charge in [-0.05, 0) is 56.2 Å². The van der Waals surface area contributed by atoms with Gasteiger partial charge in [-0.15, -0.1) is 0 Å². The molecule has 4 nitrogen and oxygen atoms in total. The number of halogens is 1. The number of hydrogen-bond acceptors (Lipinski definition) is 2. The van der Waals surface area contributed by atoms with Crippen LogP contribution in [0.2, 0.25) is 5.02 Å². The number of amides is 2. The van der Waals surface area contributed by atoms with E-state index in [1.807, 2.05) is 63.2 Å². The highest BCUT2D eigenvalue weighted by atomic mass is 35.5. The molecule has 2 rings (SSSR count). The summed E-state index contributed by atoms with van der Waals surface area (Å²) in [6.07, 6.45) is 0. The fraction of sp³-hybridized carbons (Fsp3) is 0.316. The SMILES string of the molecule is CCN(C(=O)NCCOc1cc(C)c(Cl)c(C)c1)c1ccccc1. The molecule has 24 heavy (non-hydrogen) atoms. The molecule has 2 amide bonds. The highest BCUT2D eigenvalue weighted by molar-refractivity contribution is 6.32. The summed E-state index contributed by atoms with van der Waals surface area (Å²) in [5.74, 6) is 0.763. The first-order valence-corrected chi connectivity index (χ1v) is 8.40. The molecule has 2 aromatic carbocycles. The number of aryl methyl sites for hydroxylation is 2. The number of nitrogens with zero attached hydrogens (tertiary/aromatic N) is 1. The van der Waals surface area contributed by atoms with Crippen LogP contribution in [0.15, 0.2) is 42.5 Å². The van der Waals surface area contributed by atoms with Crippen LogP contribution < -0.4 is 15.0 Å². The molecule has 5 heteroatoms. The lowest BCUT2D eigenvalue weighted by atomic mass is 10.1. The van der Waals surface area contributed by atoms with Gasteiger partial charge in [0.2, 0.25) is 0 Å². The molecular weight excluding hydrogens is 324 g/mol. The molecule has 0 aliphatic heterocycles. The molecular formula is C19H23ClN2O2. The minimum Gasteiger partial charge on any atom is -0.492 e. The Morgan fingerprint density at radius 2 is 1.79 bits per heavy atom. The highest BCUT2D eigenvalue weighted by Crippen LogP contribution is 2.25. The van der Waals surface area contributed by atoms with E-state index >= 15 is 0 Å². The molecule has 0 aromatic heterocycles. The summed E-state index contributed by atoms with van der Waals surface area (Å²) < 4.78 is 5.70. The third kappa shape index (κ3) is 4.65. The van der Waals surface area contributed by atoms with E-state index in [2.05, 4.69) is 5.32 Å². The Balaban J connectivity index is 1.84. The molecule has 0 aliphatic carbocycles. The molecule has 0 radical (unpaired) electrons. The van der Waals surface area contributed by atoms with Crippen LogP contribution in [-0.2, 0) is 0 Å². The Morgan fingerprint density at radius 3 is 2.38 bits per heavy atom. The third-order valence-electron chi connectivity index (χ3n) is 3.69. The largest absolute Gasteiger partial charge is 0.492 e. The maximum Gasteiger partial charge on any atom is 0.321 e. The van der Waals surface area contributed by atoms with Crippen LogP contribution >= 0.6 is 11.6 Å². The van der Waals surface area contributed by atoms with Crippen molar-refractivity contribution in [3.63, 3.8) is 0 Å². The minimum atomic E-state index is -0.129. The normalized spacial score (nSPS) is 10.3. The lowest BCUT2D eigenvalue weighted by Gasteiger charge is -2.21. The number of nitrogens with one attached hydrogen (secondary N) is 1. The zero-order chi connectivity index (χ0) is 17.5. The Kier molecular flexibility index (Phi) is 6.50. The zero-order valence-corrected chi connectivity index (χ0v) is 15.1. The van der Waals surface area contributed by atoms with Crippen molar-refractivity contribution in [2.75, 3.05) is 24.6 Å². The first kappa shape index (κ1) is 18.1. The third-order valence-corrected chi connectivity index (χ3v) is 4.28. The van der Waals surface area contributed by atoms with Crippen LogP contribution in [0.5, 0.6) is 5.75 Å². The minimum absolute atomic E-state index is 0.129. The maximum atomic E-state index is 12.3. The van der Waals surface area contributed by atoms with Crippen molar-refractivity contribution in [3.8, 4) is 5.75 Å². The number of benzene rings is 2. The van der Waals surface area contributed by atoms with Gasteiger partial charge in [-0.1, -0.05) is 29.8 Å². The molecule has 128 valence electrons. The van der Waals surface area contributed by atoms with Gasteiger partial charge in [0.05, 0.1) is 6.54 Å². The van der Waals surface area contributed by atoms with Crippen molar-refractivity contribution in [2.24, 2.45) is 0 Å². The molecule has 0 bridgehead atoms. The van der Waals surface area contributed by atoms with Crippen molar-refractivity contribution in [3.05, 3.63) is 58.6 Å². The van der Waals surface area contributed by atoms with Crippen LogP contribution in [0.4, 0.5) is 10.5 Å². The monoisotopic (exact) mass is 346 g/mol. The van der Waals surface area contributed by atoms with Crippen molar-refractivity contribution in [1.29, 1.82) is 0 Å². The van der Waals surface area contributed by atoms with Crippen LogP contribution in [0.3, 0.4) is 0 Å². The molecule has 0 saturated heterocycles. The smallest absolute Gasteiger partial charge is 0.321 e. The summed E-state index contributed by atoms with van der Waals surface area (Å²) in [5, 5.41) is 3.64. The molecule has 0 saturated carbocycles. The van der Waals surface area contributed by atoms with Gasteiger partial charge in [-0.25, -0.2) is 4.79 Å². The summed E-state index contributed by atoms with van der Waals surface area (Å²) in [7, 11) is 0. The maximum absolute atomic E-state index is 12.3. The van der Waals surface area contributed by atoms with Gasteiger partial charge in [0.1, 0.15) is 12.4 Å². The van der Waals surface area contributed by atoms with Crippen LogP contribution in [0.25, 0.3) is 0 Å². The van der Waals surface area contributed by atoms with E-state index in [1.165, 1.54) is 0 Å². The first-order chi connectivity index (χ1) is 11.5. The van der Waals surface area contributed by atoms with E-state index in [-0.39, 0.29) is 6.03 Å². The zero-order valence-electron chi connectivity index (χ0n) is 14.3. The summed E-state index contributed by atoms with van der Waals surface area (Å²) in [6.45, 7) is 7.28. The number of para-hydroxylation sites is 1. The molecule has 0 unspecified atom stereocenters. The van der Waals surface area contributed by atoms with Crippen molar-refractivity contribution < 1.29 is 9.53 Å². The Bertz CT molecular complexity index is 666. The van der Waals surface area contributed by atoms with Crippen LogP contribution in [-0.4, -0.2) is 25.7 Å². The molecule has 0 atom stereocenters. The molecule has 2 aromatic rings. The fourth-order valence-electron chi connectivity index (χ4n) is 2.46.